The third-order valence-corrected chi connectivity index (χ3v) is 3.10. The first kappa shape index (κ1) is 13.4. The molecule has 0 fully saturated rings. The lowest BCUT2D eigenvalue weighted by molar-refractivity contribution is 0.103. The Kier molecular flexibility index (Phi) is 3.71. The molecule has 0 aliphatic carbocycles. The average Bonchev–Trinajstić information content (AvgIpc) is 2.41. The molecule has 0 saturated carbocycles. The molecule has 0 aliphatic rings. The van der Waals surface area contributed by atoms with E-state index in [-0.39, 0.29) is 21.9 Å². The summed E-state index contributed by atoms with van der Waals surface area (Å²) >= 11 is 5.99. The van der Waals surface area contributed by atoms with Gasteiger partial charge in [0, 0.05) is 5.56 Å². The molecule has 3 nitrogen and oxygen atoms in total. The lowest BCUT2D eigenvalue weighted by Gasteiger charge is -2.09. The third-order valence-electron chi connectivity index (χ3n) is 2.68. The highest BCUT2D eigenvalue weighted by Gasteiger charge is 2.18. The molecule has 0 bridgehead atoms. The van der Waals surface area contributed by atoms with E-state index in [1.54, 1.807) is 12.1 Å². The van der Waals surface area contributed by atoms with Crippen LogP contribution in [0.3, 0.4) is 0 Å². The Morgan fingerprint density at radius 1 is 1.26 bits per heavy atom. The average molecular weight is 280 g/mol. The summed E-state index contributed by atoms with van der Waals surface area (Å²) in [6.07, 6.45) is 0. The summed E-state index contributed by atoms with van der Waals surface area (Å²) in [4.78, 5) is 12.4. The summed E-state index contributed by atoms with van der Waals surface area (Å²) in [6, 6.07) is 8.45. The second-order valence-corrected chi connectivity index (χ2v) is 4.26. The smallest absolute Gasteiger partial charge is 0.198 e. The number of ketones is 1. The van der Waals surface area contributed by atoms with Gasteiger partial charge in [0.2, 0.25) is 0 Å². The quantitative estimate of drug-likeness (QED) is 0.693. The van der Waals surface area contributed by atoms with Crippen molar-refractivity contribution in [2.45, 2.75) is 0 Å². The van der Waals surface area contributed by atoms with E-state index in [2.05, 4.69) is 0 Å². The monoisotopic (exact) mass is 279 g/mol. The van der Waals surface area contributed by atoms with E-state index in [9.17, 15) is 9.18 Å². The Labute approximate surface area is 114 Å². The summed E-state index contributed by atoms with van der Waals surface area (Å²) in [6.45, 7) is 0. The lowest BCUT2D eigenvalue weighted by atomic mass is 10.0. The number of methoxy groups -OCH3 is 1. The number of benzene rings is 2. The Morgan fingerprint density at radius 2 is 2.00 bits per heavy atom. The van der Waals surface area contributed by atoms with Gasteiger partial charge in [-0.05, 0) is 30.3 Å². The van der Waals surface area contributed by atoms with Crippen molar-refractivity contribution >= 4 is 23.1 Å². The Morgan fingerprint density at radius 3 is 2.68 bits per heavy atom. The van der Waals surface area contributed by atoms with Crippen molar-refractivity contribution in [2.75, 3.05) is 12.8 Å². The summed E-state index contributed by atoms with van der Waals surface area (Å²) < 4.78 is 18.3. The molecule has 2 N–H and O–H groups in total. The first-order valence-corrected chi connectivity index (χ1v) is 5.84. The van der Waals surface area contributed by atoms with Crippen molar-refractivity contribution in [3.05, 3.63) is 58.4 Å². The van der Waals surface area contributed by atoms with Crippen molar-refractivity contribution < 1.29 is 13.9 Å². The van der Waals surface area contributed by atoms with Gasteiger partial charge in [0.15, 0.2) is 5.78 Å². The maximum absolute atomic E-state index is 13.3. The maximum atomic E-state index is 13.3. The van der Waals surface area contributed by atoms with E-state index in [0.29, 0.717) is 5.69 Å². The summed E-state index contributed by atoms with van der Waals surface area (Å²) in [7, 11) is 1.41. The fraction of sp³-hybridized carbons (Fsp3) is 0.0714. The zero-order valence-corrected chi connectivity index (χ0v) is 10.9. The van der Waals surface area contributed by atoms with Crippen molar-refractivity contribution in [1.82, 2.24) is 0 Å². The van der Waals surface area contributed by atoms with Gasteiger partial charge in [-0.3, -0.25) is 4.79 Å². The molecule has 2 aromatic rings. The summed E-state index contributed by atoms with van der Waals surface area (Å²) in [5, 5.41) is 0.152. The molecular weight excluding hydrogens is 269 g/mol. The van der Waals surface area contributed by atoms with Crippen LogP contribution in [0.4, 0.5) is 10.1 Å². The number of rotatable bonds is 3. The molecule has 2 rings (SSSR count). The van der Waals surface area contributed by atoms with Gasteiger partial charge in [-0.15, -0.1) is 0 Å². The number of carbonyl (C=O) groups excluding carboxylic acids is 1. The minimum absolute atomic E-state index is 0.106. The van der Waals surface area contributed by atoms with Crippen molar-refractivity contribution in [3.8, 4) is 5.75 Å². The van der Waals surface area contributed by atoms with Crippen LogP contribution in [0.15, 0.2) is 36.4 Å². The number of nitrogens with two attached hydrogens (primary N) is 1. The second kappa shape index (κ2) is 5.28. The molecule has 5 heteroatoms. The minimum atomic E-state index is -0.524. The van der Waals surface area contributed by atoms with Crippen LogP contribution in [0.1, 0.15) is 15.9 Å². The highest BCUT2D eigenvalue weighted by molar-refractivity contribution is 6.37. The molecule has 0 aliphatic heterocycles. The van der Waals surface area contributed by atoms with E-state index in [1.807, 2.05) is 0 Å². The largest absolute Gasteiger partial charge is 0.496 e. The molecule has 0 unspecified atom stereocenters. The van der Waals surface area contributed by atoms with Crippen LogP contribution >= 0.6 is 11.6 Å². The SMILES string of the molecule is COc1ccc(F)cc1C(=O)c1cccc(N)c1Cl. The zero-order chi connectivity index (χ0) is 14.0. The van der Waals surface area contributed by atoms with Crippen LogP contribution in [-0.2, 0) is 0 Å². The molecule has 98 valence electrons. The van der Waals surface area contributed by atoms with Crippen LogP contribution in [0, 0.1) is 5.82 Å². The van der Waals surface area contributed by atoms with Crippen LogP contribution in [0.25, 0.3) is 0 Å². The Bertz CT molecular complexity index is 643. The second-order valence-electron chi connectivity index (χ2n) is 3.88. The normalized spacial score (nSPS) is 10.3. The van der Waals surface area contributed by atoms with Gasteiger partial charge in [0.25, 0.3) is 0 Å². The van der Waals surface area contributed by atoms with Crippen molar-refractivity contribution in [2.24, 2.45) is 0 Å². The van der Waals surface area contributed by atoms with Crippen LogP contribution < -0.4 is 10.5 Å². The molecule has 0 heterocycles. The molecule has 0 saturated heterocycles. The molecule has 19 heavy (non-hydrogen) atoms. The van der Waals surface area contributed by atoms with E-state index < -0.39 is 11.6 Å². The number of nitrogen functional groups attached to an aromatic ring is 1. The lowest BCUT2D eigenvalue weighted by Crippen LogP contribution is -2.06. The molecule has 0 spiro atoms. The number of hydrogen-bond donors (Lipinski definition) is 1. The van der Waals surface area contributed by atoms with Crippen LogP contribution in [-0.4, -0.2) is 12.9 Å². The summed E-state index contributed by atoms with van der Waals surface area (Å²) in [5.74, 6) is -0.678. The van der Waals surface area contributed by atoms with E-state index >= 15 is 0 Å². The number of ether oxygens (including phenoxy) is 1. The predicted molar refractivity (Wildman–Crippen MR) is 72.2 cm³/mol. The Balaban J connectivity index is 2.56. The van der Waals surface area contributed by atoms with Gasteiger partial charge in [-0.25, -0.2) is 4.39 Å². The van der Waals surface area contributed by atoms with E-state index in [4.69, 9.17) is 22.1 Å². The van der Waals surface area contributed by atoms with Crippen LogP contribution in [0.2, 0.25) is 5.02 Å². The first-order chi connectivity index (χ1) is 9.04. The molecule has 0 atom stereocenters. The molecular formula is C14H11ClFNO2. The standard InChI is InChI=1S/C14H11ClFNO2/c1-19-12-6-5-8(16)7-10(12)14(18)9-3-2-4-11(17)13(9)15/h2-7H,17H2,1H3. The van der Waals surface area contributed by atoms with Gasteiger partial charge in [-0.1, -0.05) is 17.7 Å². The Hall–Kier alpha value is -2.07. The van der Waals surface area contributed by atoms with Gasteiger partial charge in [0.1, 0.15) is 11.6 Å². The third kappa shape index (κ3) is 2.53. The molecule has 0 aromatic heterocycles. The maximum Gasteiger partial charge on any atom is 0.198 e. The van der Waals surface area contributed by atoms with E-state index in [0.717, 1.165) is 6.07 Å². The topological polar surface area (TPSA) is 52.3 Å². The van der Waals surface area contributed by atoms with Crippen molar-refractivity contribution in [3.63, 3.8) is 0 Å². The van der Waals surface area contributed by atoms with Crippen molar-refractivity contribution in [1.29, 1.82) is 0 Å². The van der Waals surface area contributed by atoms with Crippen LogP contribution in [0.5, 0.6) is 5.75 Å². The highest BCUT2D eigenvalue weighted by Crippen LogP contribution is 2.28. The zero-order valence-electron chi connectivity index (χ0n) is 10.1. The van der Waals surface area contributed by atoms with Gasteiger partial charge >= 0.3 is 0 Å². The van der Waals surface area contributed by atoms with Gasteiger partial charge < -0.3 is 10.5 Å². The number of hydrogen-bond acceptors (Lipinski definition) is 3. The first-order valence-electron chi connectivity index (χ1n) is 5.47. The molecule has 0 radical (unpaired) electrons. The summed E-state index contributed by atoms with van der Waals surface area (Å²) in [5.41, 5.74) is 6.26. The fourth-order valence-electron chi connectivity index (χ4n) is 1.73. The van der Waals surface area contributed by atoms with Gasteiger partial charge in [0.05, 0.1) is 23.4 Å². The minimum Gasteiger partial charge on any atom is -0.496 e. The number of anilines is 1. The van der Waals surface area contributed by atoms with E-state index in [1.165, 1.54) is 25.3 Å². The predicted octanol–water partition coefficient (Wildman–Crippen LogP) is 3.30. The number of carbonyl (C=O) groups is 1. The molecule has 0 amide bonds. The molecule has 2 aromatic carbocycles. The highest BCUT2D eigenvalue weighted by atomic mass is 35.5. The van der Waals surface area contributed by atoms with Gasteiger partial charge in [-0.2, -0.15) is 0 Å². The fourth-order valence-corrected chi connectivity index (χ4v) is 1.94. The number of halogens is 2.